The van der Waals surface area contributed by atoms with Crippen molar-refractivity contribution in [2.45, 2.75) is 12.3 Å². The molecule has 2 heterocycles. The van der Waals surface area contributed by atoms with E-state index in [0.717, 1.165) is 23.0 Å². The van der Waals surface area contributed by atoms with E-state index >= 15 is 0 Å². The van der Waals surface area contributed by atoms with Gasteiger partial charge in [-0.3, -0.25) is 14.6 Å². The molecule has 0 radical (unpaired) electrons. The number of aromatic nitrogens is 3. The quantitative estimate of drug-likeness (QED) is 0.286. The minimum atomic E-state index is -0.118. The van der Waals surface area contributed by atoms with E-state index in [1.165, 1.54) is 5.56 Å². The van der Waals surface area contributed by atoms with Gasteiger partial charge in [-0.05, 0) is 54.3 Å². The Balaban J connectivity index is 1.19. The van der Waals surface area contributed by atoms with Gasteiger partial charge >= 0.3 is 0 Å². The van der Waals surface area contributed by atoms with Gasteiger partial charge in [0.25, 0.3) is 0 Å². The van der Waals surface area contributed by atoms with Gasteiger partial charge in [0.2, 0.25) is 5.91 Å². The van der Waals surface area contributed by atoms with Gasteiger partial charge in [0.15, 0.2) is 5.78 Å². The van der Waals surface area contributed by atoms with Gasteiger partial charge in [-0.1, -0.05) is 60.7 Å². The smallest absolute Gasteiger partial charge is 0.228 e. The molecule has 6 nitrogen and oxygen atoms in total. The predicted molar refractivity (Wildman–Crippen MR) is 145 cm³/mol. The Hall–Kier alpha value is -4.84. The number of anilines is 1. The average Bonchev–Trinajstić information content (AvgIpc) is 3.66. The first kappa shape index (κ1) is 22.6. The summed E-state index contributed by atoms with van der Waals surface area (Å²) >= 11 is 0. The lowest BCUT2D eigenvalue weighted by atomic mass is 10.0. The first-order valence-electron chi connectivity index (χ1n) is 12.2. The molecule has 0 aliphatic heterocycles. The fraction of sp³-hybridized carbons (Fsp3) is 0.0968. The Bertz CT molecular complexity index is 1620. The zero-order chi connectivity index (χ0) is 25.2. The largest absolute Gasteiger partial charge is 0.326 e. The fourth-order valence-corrected chi connectivity index (χ4v) is 4.61. The Morgan fingerprint density at radius 1 is 0.892 bits per heavy atom. The van der Waals surface area contributed by atoms with E-state index < -0.39 is 0 Å². The number of nitrogens with one attached hydrogen (secondary N) is 1. The highest BCUT2D eigenvalue weighted by molar-refractivity contribution is 6.11. The van der Waals surface area contributed by atoms with E-state index in [9.17, 15) is 9.59 Å². The summed E-state index contributed by atoms with van der Waals surface area (Å²) in [6.45, 7) is 0. The van der Waals surface area contributed by atoms with Gasteiger partial charge in [-0.2, -0.15) is 5.10 Å². The van der Waals surface area contributed by atoms with E-state index in [-0.39, 0.29) is 23.5 Å². The van der Waals surface area contributed by atoms with Crippen molar-refractivity contribution in [2.24, 2.45) is 5.92 Å². The zero-order valence-corrected chi connectivity index (χ0v) is 20.0. The summed E-state index contributed by atoms with van der Waals surface area (Å²) in [6, 6.07) is 28.5. The number of hydrogen-bond acceptors (Lipinski definition) is 4. The summed E-state index contributed by atoms with van der Waals surface area (Å²) < 4.78 is 1.73. The summed E-state index contributed by atoms with van der Waals surface area (Å²) in [5, 5.41) is 8.35. The number of amides is 1. The first-order chi connectivity index (χ1) is 18.2. The van der Waals surface area contributed by atoms with Crippen molar-refractivity contribution in [1.82, 2.24) is 14.8 Å². The lowest BCUT2D eigenvalue weighted by Gasteiger charge is -2.08. The normalized spacial score (nSPS) is 16.6. The van der Waals surface area contributed by atoms with Crippen molar-refractivity contribution in [3.8, 4) is 0 Å². The van der Waals surface area contributed by atoms with Crippen LogP contribution >= 0.6 is 0 Å². The molecule has 0 spiro atoms. The molecule has 1 N–H and O–H groups in total. The second-order valence-corrected chi connectivity index (χ2v) is 9.19. The summed E-state index contributed by atoms with van der Waals surface area (Å²) in [4.78, 5) is 30.5. The molecule has 2 aromatic heterocycles. The summed E-state index contributed by atoms with van der Waals surface area (Å²) in [5.74, 6) is 0.0920. The van der Waals surface area contributed by atoms with Crippen LogP contribution in [0.2, 0.25) is 0 Å². The Morgan fingerprint density at radius 3 is 2.57 bits per heavy atom. The molecule has 180 valence electrons. The third kappa shape index (κ3) is 4.82. The number of pyridine rings is 1. The van der Waals surface area contributed by atoms with Crippen molar-refractivity contribution in [2.75, 3.05) is 5.32 Å². The highest BCUT2D eigenvalue weighted by Crippen LogP contribution is 2.47. The lowest BCUT2D eigenvalue weighted by molar-refractivity contribution is -0.117. The molecule has 5 aromatic rings. The van der Waals surface area contributed by atoms with Crippen molar-refractivity contribution in [3.63, 3.8) is 0 Å². The molecule has 1 saturated carbocycles. The molecular formula is C31H24N4O2. The number of hydrogen-bond donors (Lipinski definition) is 1. The molecule has 6 heteroatoms. The van der Waals surface area contributed by atoms with Crippen LogP contribution in [0.1, 0.15) is 39.5 Å². The molecule has 0 bridgehead atoms. The SMILES string of the molecule is O=C(c1cccc(NC(=O)[C@@H]2C[C@H]2c2ccccc2)c1)c1ccc2cnn(C=Cc3ccccn3)c2c1. The van der Waals surface area contributed by atoms with Crippen molar-refractivity contribution < 1.29 is 9.59 Å². The van der Waals surface area contributed by atoms with Gasteiger partial charge < -0.3 is 5.32 Å². The van der Waals surface area contributed by atoms with Crippen LogP contribution in [0, 0.1) is 5.92 Å². The van der Waals surface area contributed by atoms with E-state index in [4.69, 9.17) is 0 Å². The van der Waals surface area contributed by atoms with Crippen LogP contribution < -0.4 is 5.32 Å². The second-order valence-electron chi connectivity index (χ2n) is 9.19. The number of fused-ring (bicyclic) bond motifs is 1. The Kier molecular flexibility index (Phi) is 5.91. The van der Waals surface area contributed by atoms with Gasteiger partial charge in [0, 0.05) is 40.5 Å². The first-order valence-corrected chi connectivity index (χ1v) is 12.2. The standard InChI is InChI=1S/C31H24N4O2/c36-30(23-12-13-24-20-33-35(29(24)18-23)16-14-25-10-4-5-15-32-25)22-9-6-11-26(17-22)34-31(37)28-19-27(28)21-7-2-1-3-8-21/h1-18,20,27-28H,19H2,(H,34,37)/t27-,28+/m0/s1. The number of ketones is 1. The number of rotatable bonds is 7. The molecule has 0 unspecified atom stereocenters. The maximum absolute atomic E-state index is 13.4. The fourth-order valence-electron chi connectivity index (χ4n) is 4.61. The van der Waals surface area contributed by atoms with Crippen LogP contribution in [0.15, 0.2) is 103 Å². The van der Waals surface area contributed by atoms with Gasteiger partial charge in [-0.25, -0.2) is 4.68 Å². The van der Waals surface area contributed by atoms with Crippen molar-refractivity contribution in [3.05, 3.63) is 126 Å². The number of carbonyl (C=O) groups excluding carboxylic acids is 2. The third-order valence-corrected chi connectivity index (χ3v) is 6.68. The maximum Gasteiger partial charge on any atom is 0.228 e. The van der Waals surface area contributed by atoms with Crippen LogP contribution in [-0.2, 0) is 4.79 Å². The minimum absolute atomic E-state index is 0.0107. The lowest BCUT2D eigenvalue weighted by Crippen LogP contribution is -2.15. The summed E-state index contributed by atoms with van der Waals surface area (Å²) in [7, 11) is 0. The molecule has 1 aliphatic carbocycles. The summed E-state index contributed by atoms with van der Waals surface area (Å²) in [6.07, 6.45) is 8.05. The molecular weight excluding hydrogens is 460 g/mol. The molecule has 1 aliphatic rings. The zero-order valence-electron chi connectivity index (χ0n) is 20.0. The third-order valence-electron chi connectivity index (χ3n) is 6.68. The summed E-state index contributed by atoms with van der Waals surface area (Å²) in [5.41, 5.74) is 4.52. The highest BCUT2D eigenvalue weighted by atomic mass is 16.2. The van der Waals surface area contributed by atoms with Crippen molar-refractivity contribution >= 4 is 40.6 Å². The van der Waals surface area contributed by atoms with Crippen LogP contribution in [0.25, 0.3) is 23.2 Å². The molecule has 0 saturated heterocycles. The topological polar surface area (TPSA) is 76.9 Å². The van der Waals surface area contributed by atoms with E-state index in [1.807, 2.05) is 66.9 Å². The number of nitrogens with zero attached hydrogens (tertiary/aromatic N) is 3. The van der Waals surface area contributed by atoms with E-state index in [0.29, 0.717) is 16.8 Å². The van der Waals surface area contributed by atoms with Crippen molar-refractivity contribution in [1.29, 1.82) is 0 Å². The molecule has 1 fully saturated rings. The Labute approximate surface area is 214 Å². The van der Waals surface area contributed by atoms with Gasteiger partial charge in [0.1, 0.15) is 0 Å². The average molecular weight is 485 g/mol. The molecule has 3 aromatic carbocycles. The number of benzene rings is 3. The van der Waals surface area contributed by atoms with Gasteiger partial charge in [0.05, 0.1) is 17.4 Å². The van der Waals surface area contributed by atoms with Gasteiger partial charge in [-0.15, -0.1) is 0 Å². The second kappa shape index (κ2) is 9.66. The van der Waals surface area contributed by atoms with Crippen LogP contribution in [0.3, 0.4) is 0 Å². The van der Waals surface area contributed by atoms with E-state index in [1.54, 1.807) is 41.3 Å². The van der Waals surface area contributed by atoms with E-state index in [2.05, 4.69) is 27.5 Å². The maximum atomic E-state index is 13.4. The van der Waals surface area contributed by atoms with Crippen LogP contribution in [0.4, 0.5) is 5.69 Å². The minimum Gasteiger partial charge on any atom is -0.326 e. The van der Waals surface area contributed by atoms with Crippen LogP contribution in [-0.4, -0.2) is 26.5 Å². The monoisotopic (exact) mass is 484 g/mol. The number of carbonyl (C=O) groups is 2. The highest BCUT2D eigenvalue weighted by Gasteiger charge is 2.43. The molecule has 2 atom stereocenters. The Morgan fingerprint density at radius 2 is 1.73 bits per heavy atom. The molecule has 1 amide bonds. The molecule has 6 rings (SSSR count). The molecule has 37 heavy (non-hydrogen) atoms. The predicted octanol–water partition coefficient (Wildman–Crippen LogP) is 6.03. The van der Waals surface area contributed by atoms with Crippen LogP contribution in [0.5, 0.6) is 0 Å².